The molecule has 3 N–H and O–H groups in total. The number of aliphatic hydroxyl groups excluding tert-OH is 1. The number of nitrogens with one attached hydrogen (secondary N) is 2. The van der Waals surface area contributed by atoms with Crippen LogP contribution in [0.15, 0.2) is 18.2 Å². The molecule has 0 bridgehead atoms. The topological polar surface area (TPSA) is 107 Å². The molecule has 1 aromatic heterocycles. The van der Waals surface area contributed by atoms with Crippen LogP contribution >= 0.6 is 0 Å². The van der Waals surface area contributed by atoms with Crippen LogP contribution in [0.5, 0.6) is 0 Å². The first-order valence-corrected chi connectivity index (χ1v) is 12.0. The Bertz CT molecular complexity index is 731. The van der Waals surface area contributed by atoms with E-state index in [1.807, 2.05) is 0 Å². The van der Waals surface area contributed by atoms with Crippen molar-refractivity contribution in [3.63, 3.8) is 0 Å². The molecule has 1 saturated heterocycles. The van der Waals surface area contributed by atoms with E-state index in [-0.39, 0.29) is 0 Å². The maximum Gasteiger partial charge on any atom is 0.315 e. The molecule has 0 spiro atoms. The van der Waals surface area contributed by atoms with Crippen LogP contribution in [0.1, 0.15) is 45.7 Å². The fourth-order valence-electron chi connectivity index (χ4n) is 3.31. The molecule has 10 heteroatoms. The number of urea groups is 1. The summed E-state index contributed by atoms with van der Waals surface area (Å²) in [5.74, 6) is 1.27. The SMILES string of the molecule is CCC(C)CCCc1cccc(N2CCOCC2)n1.CNC(=O)NC(C(=O)N(C)CF)[C@@H](C)O. The van der Waals surface area contributed by atoms with Gasteiger partial charge in [-0.2, -0.15) is 0 Å². The zero-order chi connectivity index (χ0) is 25.5. The van der Waals surface area contributed by atoms with E-state index in [1.165, 1.54) is 46.0 Å². The quantitative estimate of drug-likeness (QED) is 0.441. The van der Waals surface area contributed by atoms with Gasteiger partial charge in [0.1, 0.15) is 11.9 Å². The Morgan fingerprint density at radius 1 is 1.29 bits per heavy atom. The highest BCUT2D eigenvalue weighted by atomic mass is 19.1. The van der Waals surface area contributed by atoms with Gasteiger partial charge in [-0.15, -0.1) is 0 Å². The number of pyridine rings is 1. The average molecular weight is 484 g/mol. The number of carbonyl (C=O) groups is 2. The number of halogens is 1. The highest BCUT2D eigenvalue weighted by molar-refractivity contribution is 5.87. The molecule has 1 fully saturated rings. The number of hydrogen-bond donors (Lipinski definition) is 3. The van der Waals surface area contributed by atoms with Crippen LogP contribution in [0.2, 0.25) is 0 Å². The second-order valence-electron chi connectivity index (χ2n) is 8.59. The van der Waals surface area contributed by atoms with Crippen LogP contribution in [0.4, 0.5) is 15.0 Å². The summed E-state index contributed by atoms with van der Waals surface area (Å²) in [5, 5.41) is 13.7. The van der Waals surface area contributed by atoms with Crippen molar-refractivity contribution in [1.29, 1.82) is 0 Å². The minimum atomic E-state index is -1.15. The van der Waals surface area contributed by atoms with Gasteiger partial charge in [0, 0.05) is 32.9 Å². The normalized spacial score (nSPS) is 15.9. The maximum atomic E-state index is 12.2. The van der Waals surface area contributed by atoms with Gasteiger partial charge in [-0.25, -0.2) is 14.2 Å². The fraction of sp³-hybridized carbons (Fsp3) is 0.708. The third-order valence-electron chi connectivity index (χ3n) is 5.77. The highest BCUT2D eigenvalue weighted by Crippen LogP contribution is 2.16. The van der Waals surface area contributed by atoms with Gasteiger partial charge in [0.05, 0.1) is 19.3 Å². The smallest absolute Gasteiger partial charge is 0.315 e. The molecule has 0 saturated carbocycles. The molecule has 0 aliphatic carbocycles. The van der Waals surface area contributed by atoms with Crippen LogP contribution in [0.3, 0.4) is 0 Å². The van der Waals surface area contributed by atoms with E-state index in [2.05, 4.69) is 47.6 Å². The number of aromatic nitrogens is 1. The lowest BCUT2D eigenvalue weighted by Gasteiger charge is -2.28. The molecule has 2 unspecified atom stereocenters. The molecule has 3 amide bonds. The lowest BCUT2D eigenvalue weighted by atomic mass is 10.0. The molecule has 0 radical (unpaired) electrons. The summed E-state index contributed by atoms with van der Waals surface area (Å²) < 4.78 is 17.6. The molecule has 3 atom stereocenters. The number of ether oxygens (including phenoxy) is 1. The number of likely N-dealkylation sites (N-methyl/N-ethyl adjacent to an activating group) is 1. The number of nitrogens with zero attached hydrogens (tertiary/aromatic N) is 3. The number of anilines is 1. The van der Waals surface area contributed by atoms with Crippen molar-refractivity contribution in [2.45, 2.75) is 58.6 Å². The van der Waals surface area contributed by atoms with E-state index in [4.69, 9.17) is 9.72 Å². The molecule has 1 aliphatic heterocycles. The van der Waals surface area contributed by atoms with Gasteiger partial charge in [0.15, 0.2) is 6.80 Å². The van der Waals surface area contributed by atoms with Crippen molar-refractivity contribution >= 4 is 17.8 Å². The number of rotatable bonds is 10. The van der Waals surface area contributed by atoms with Gasteiger partial charge in [-0.1, -0.05) is 32.8 Å². The number of morpholine rings is 1. The Morgan fingerprint density at radius 2 is 1.97 bits per heavy atom. The monoisotopic (exact) mass is 483 g/mol. The Balaban J connectivity index is 0.000000352. The number of carbonyl (C=O) groups excluding carboxylic acids is 2. The predicted molar refractivity (Wildman–Crippen MR) is 131 cm³/mol. The van der Waals surface area contributed by atoms with E-state index < -0.39 is 30.9 Å². The van der Waals surface area contributed by atoms with E-state index in [0.717, 1.165) is 49.4 Å². The number of amides is 3. The summed E-state index contributed by atoms with van der Waals surface area (Å²) in [6.07, 6.45) is 3.84. The summed E-state index contributed by atoms with van der Waals surface area (Å²) in [4.78, 5) is 30.3. The van der Waals surface area contributed by atoms with Crippen molar-refractivity contribution < 1.29 is 23.8 Å². The van der Waals surface area contributed by atoms with Crippen molar-refractivity contribution in [2.75, 3.05) is 52.1 Å². The van der Waals surface area contributed by atoms with Crippen LogP contribution in [0.25, 0.3) is 0 Å². The second kappa shape index (κ2) is 16.2. The number of hydrogen-bond acceptors (Lipinski definition) is 6. The molecule has 2 heterocycles. The summed E-state index contributed by atoms with van der Waals surface area (Å²) in [5.41, 5.74) is 1.23. The molecular formula is C24H42FN5O4. The van der Waals surface area contributed by atoms with Crippen molar-refractivity contribution in [2.24, 2.45) is 5.92 Å². The fourth-order valence-corrected chi connectivity index (χ4v) is 3.31. The van der Waals surface area contributed by atoms with E-state index >= 15 is 0 Å². The summed E-state index contributed by atoms with van der Waals surface area (Å²) in [7, 11) is 2.61. The summed E-state index contributed by atoms with van der Waals surface area (Å²) in [6, 6.07) is 4.65. The number of aryl methyl sites for hydroxylation is 1. The van der Waals surface area contributed by atoms with E-state index in [9.17, 15) is 19.1 Å². The molecule has 34 heavy (non-hydrogen) atoms. The van der Waals surface area contributed by atoms with Crippen LogP contribution in [-0.4, -0.2) is 86.3 Å². The van der Waals surface area contributed by atoms with Crippen LogP contribution < -0.4 is 15.5 Å². The number of aliphatic hydroxyl groups is 1. The van der Waals surface area contributed by atoms with Crippen molar-refractivity contribution in [3.05, 3.63) is 23.9 Å². The Kier molecular flexibility index (Phi) is 14.1. The minimum Gasteiger partial charge on any atom is -0.391 e. The summed E-state index contributed by atoms with van der Waals surface area (Å²) >= 11 is 0. The van der Waals surface area contributed by atoms with Gasteiger partial charge in [0.2, 0.25) is 5.91 Å². The molecule has 0 aromatic carbocycles. The van der Waals surface area contributed by atoms with E-state index in [0.29, 0.717) is 0 Å². The predicted octanol–water partition coefficient (Wildman–Crippen LogP) is 2.34. The average Bonchev–Trinajstić information content (AvgIpc) is 2.86. The molecule has 194 valence electrons. The Hall–Kier alpha value is -2.46. The maximum absolute atomic E-state index is 12.2. The van der Waals surface area contributed by atoms with E-state index in [1.54, 1.807) is 0 Å². The van der Waals surface area contributed by atoms with Gasteiger partial charge >= 0.3 is 6.03 Å². The van der Waals surface area contributed by atoms with Crippen molar-refractivity contribution in [3.8, 4) is 0 Å². The first-order valence-electron chi connectivity index (χ1n) is 12.0. The first kappa shape index (κ1) is 29.6. The lowest BCUT2D eigenvalue weighted by molar-refractivity contribution is -0.136. The molecular weight excluding hydrogens is 441 g/mol. The van der Waals surface area contributed by atoms with Crippen molar-refractivity contribution in [1.82, 2.24) is 20.5 Å². The lowest BCUT2D eigenvalue weighted by Crippen LogP contribution is -2.54. The van der Waals surface area contributed by atoms with Gasteiger partial charge in [-0.3, -0.25) is 4.79 Å². The van der Waals surface area contributed by atoms with Gasteiger partial charge in [-0.05, 0) is 37.8 Å². The molecule has 1 aromatic rings. The third kappa shape index (κ3) is 10.6. The Morgan fingerprint density at radius 3 is 2.53 bits per heavy atom. The Labute approximate surface area is 203 Å². The standard InChI is InChI=1S/C16H26N2O.C8H16FN3O3/c1-3-14(2)6-4-7-15-8-5-9-16(17-15)18-10-12-19-13-11-18;1-5(13)6(11-8(15)10-2)7(14)12(3)4-9/h5,8-9,14H,3-4,6-7,10-13H2,1-2H3;5-6,13H,4H2,1-3H3,(H2,10,11,15)/t;5-,6?/m.1/s1. The minimum absolute atomic E-state index is 0.610. The van der Waals surface area contributed by atoms with Gasteiger partial charge in [0.25, 0.3) is 0 Å². The molecule has 2 rings (SSSR count). The molecule has 9 nitrogen and oxygen atoms in total. The zero-order valence-electron chi connectivity index (χ0n) is 21.2. The summed E-state index contributed by atoms with van der Waals surface area (Å²) in [6.45, 7) is 8.52. The first-order chi connectivity index (χ1) is 16.2. The second-order valence-corrected chi connectivity index (χ2v) is 8.59. The highest BCUT2D eigenvalue weighted by Gasteiger charge is 2.27. The van der Waals surface area contributed by atoms with Gasteiger partial charge < -0.3 is 30.3 Å². The zero-order valence-corrected chi connectivity index (χ0v) is 21.2. The van der Waals surface area contributed by atoms with Crippen LogP contribution in [0, 0.1) is 5.92 Å². The number of alkyl halides is 1. The van der Waals surface area contributed by atoms with Crippen LogP contribution in [-0.2, 0) is 16.0 Å². The third-order valence-corrected chi connectivity index (χ3v) is 5.77. The molecule has 1 aliphatic rings. The largest absolute Gasteiger partial charge is 0.391 e.